The van der Waals surface area contributed by atoms with Gasteiger partial charge in [0.15, 0.2) is 5.69 Å². The van der Waals surface area contributed by atoms with Crippen LogP contribution in [0.3, 0.4) is 0 Å². The van der Waals surface area contributed by atoms with Crippen molar-refractivity contribution in [3.8, 4) is 11.4 Å². The summed E-state index contributed by atoms with van der Waals surface area (Å²) in [6.07, 6.45) is 4.21. The summed E-state index contributed by atoms with van der Waals surface area (Å²) in [7, 11) is 3.58. The van der Waals surface area contributed by atoms with Crippen molar-refractivity contribution in [2.45, 2.75) is 46.3 Å². The second kappa shape index (κ2) is 8.73. The lowest BCUT2D eigenvalue weighted by Gasteiger charge is -2.29. The average Bonchev–Trinajstić information content (AvgIpc) is 2.91. The molecule has 3 rings (SSSR count). The van der Waals surface area contributed by atoms with E-state index in [0.29, 0.717) is 28.6 Å². The van der Waals surface area contributed by atoms with E-state index < -0.39 is 11.5 Å². The highest BCUT2D eigenvalue weighted by Crippen LogP contribution is 2.30. The molecule has 162 valence electrons. The molecule has 1 aliphatic rings. The Morgan fingerprint density at radius 1 is 1.27 bits per heavy atom. The first kappa shape index (κ1) is 22.2. The molecular weight excluding hydrogens is 404 g/mol. The van der Waals surface area contributed by atoms with Gasteiger partial charge >= 0.3 is 0 Å². The second-order valence-corrected chi connectivity index (χ2v) is 9.12. The maximum absolute atomic E-state index is 13.3. The Hall–Kier alpha value is -2.45. The predicted octanol–water partition coefficient (Wildman–Crippen LogP) is 2.32. The molecule has 8 nitrogen and oxygen atoms in total. The number of hydrogen-bond acceptors (Lipinski definition) is 5. The molecule has 0 fully saturated rings. The minimum absolute atomic E-state index is 0.242. The fourth-order valence-electron chi connectivity index (χ4n) is 3.67. The van der Waals surface area contributed by atoms with E-state index in [1.54, 1.807) is 25.5 Å². The Morgan fingerprint density at radius 3 is 2.63 bits per heavy atom. The number of rotatable bonds is 4. The number of carbonyl (C=O) groups is 2. The molecule has 1 atom stereocenters. The number of nitrogens with zero attached hydrogens (tertiary/aromatic N) is 4. The quantitative estimate of drug-likeness (QED) is 0.773. The summed E-state index contributed by atoms with van der Waals surface area (Å²) in [4.78, 5) is 36.7. The van der Waals surface area contributed by atoms with Gasteiger partial charge in [0.1, 0.15) is 11.9 Å². The van der Waals surface area contributed by atoms with Gasteiger partial charge in [-0.05, 0) is 31.5 Å². The van der Waals surface area contributed by atoms with Crippen molar-refractivity contribution in [3.05, 3.63) is 34.9 Å². The lowest BCUT2D eigenvalue weighted by Crippen LogP contribution is -2.53. The number of fused-ring (bicyclic) bond motifs is 1. The lowest BCUT2D eigenvalue weighted by molar-refractivity contribution is -0.124. The van der Waals surface area contributed by atoms with Crippen LogP contribution in [-0.2, 0) is 17.9 Å². The van der Waals surface area contributed by atoms with Crippen LogP contribution in [0.5, 0.6) is 0 Å². The van der Waals surface area contributed by atoms with Crippen molar-refractivity contribution in [2.75, 3.05) is 20.6 Å². The van der Waals surface area contributed by atoms with Crippen LogP contribution >= 0.6 is 11.6 Å². The number of imidazole rings is 1. The SMILES string of the molecule is CNC(=O)C(NC(=O)c1nc(-c2cnccc2Cl)n2c1CN(C)CCC2)C(C)(C)C. The third kappa shape index (κ3) is 4.49. The van der Waals surface area contributed by atoms with Gasteiger partial charge in [0.05, 0.1) is 16.3 Å². The van der Waals surface area contributed by atoms with Crippen LogP contribution in [0.2, 0.25) is 5.02 Å². The molecule has 9 heteroatoms. The van der Waals surface area contributed by atoms with Crippen molar-refractivity contribution >= 4 is 23.4 Å². The first-order chi connectivity index (χ1) is 14.1. The Balaban J connectivity index is 2.07. The maximum atomic E-state index is 13.3. The molecule has 2 N–H and O–H groups in total. The fraction of sp³-hybridized carbons (Fsp3) is 0.524. The van der Waals surface area contributed by atoms with Crippen LogP contribution < -0.4 is 10.6 Å². The molecule has 0 spiro atoms. The highest BCUT2D eigenvalue weighted by Gasteiger charge is 2.34. The number of pyridine rings is 1. The van der Waals surface area contributed by atoms with Gasteiger partial charge in [-0.3, -0.25) is 14.6 Å². The average molecular weight is 433 g/mol. The number of nitrogens with one attached hydrogen (secondary N) is 2. The number of carbonyl (C=O) groups excluding carboxylic acids is 2. The van der Waals surface area contributed by atoms with E-state index >= 15 is 0 Å². The monoisotopic (exact) mass is 432 g/mol. The van der Waals surface area contributed by atoms with Crippen molar-refractivity contribution in [1.82, 2.24) is 30.1 Å². The molecule has 0 saturated carbocycles. The van der Waals surface area contributed by atoms with Gasteiger partial charge in [-0.1, -0.05) is 32.4 Å². The number of hydrogen-bond donors (Lipinski definition) is 2. The number of amides is 2. The van der Waals surface area contributed by atoms with Gasteiger partial charge in [-0.2, -0.15) is 0 Å². The zero-order chi connectivity index (χ0) is 22.1. The molecule has 2 aromatic heterocycles. The van der Waals surface area contributed by atoms with Crippen LogP contribution in [0, 0.1) is 5.41 Å². The minimum atomic E-state index is -0.693. The van der Waals surface area contributed by atoms with Gasteiger partial charge in [0, 0.05) is 32.5 Å². The molecule has 0 aliphatic carbocycles. The summed E-state index contributed by atoms with van der Waals surface area (Å²) in [6.45, 7) is 7.94. The highest BCUT2D eigenvalue weighted by molar-refractivity contribution is 6.33. The Bertz CT molecular complexity index is 949. The second-order valence-electron chi connectivity index (χ2n) is 8.72. The highest BCUT2D eigenvalue weighted by atomic mass is 35.5. The molecule has 0 radical (unpaired) electrons. The smallest absolute Gasteiger partial charge is 0.272 e. The van der Waals surface area contributed by atoms with Crippen molar-refractivity contribution < 1.29 is 9.59 Å². The molecule has 30 heavy (non-hydrogen) atoms. The standard InChI is InChI=1S/C21H29ClN6O2/c1-21(2,3)17(20(30)23-4)26-19(29)16-15-12-27(5)9-6-10-28(15)18(25-16)13-11-24-8-7-14(13)22/h7-8,11,17H,6,9-10,12H2,1-5H3,(H,23,30)(H,26,29). The largest absolute Gasteiger partial charge is 0.357 e. The third-order valence-electron chi connectivity index (χ3n) is 5.29. The zero-order valence-corrected chi connectivity index (χ0v) is 18.9. The van der Waals surface area contributed by atoms with Crippen LogP contribution in [0.15, 0.2) is 18.5 Å². The molecule has 3 heterocycles. The van der Waals surface area contributed by atoms with Crippen LogP contribution in [-0.4, -0.2) is 57.9 Å². The summed E-state index contributed by atoms with van der Waals surface area (Å²) >= 11 is 6.41. The Kier molecular flexibility index (Phi) is 6.47. The van der Waals surface area contributed by atoms with Gasteiger partial charge in [0.2, 0.25) is 5.91 Å². The fourth-order valence-corrected chi connectivity index (χ4v) is 3.86. The van der Waals surface area contributed by atoms with E-state index in [2.05, 4.69) is 25.5 Å². The first-order valence-corrected chi connectivity index (χ1v) is 10.4. The van der Waals surface area contributed by atoms with E-state index in [9.17, 15) is 9.59 Å². The zero-order valence-electron chi connectivity index (χ0n) is 18.1. The topological polar surface area (TPSA) is 92.1 Å². The van der Waals surface area contributed by atoms with E-state index in [4.69, 9.17) is 11.6 Å². The lowest BCUT2D eigenvalue weighted by atomic mass is 9.86. The number of likely N-dealkylation sites (N-methyl/N-ethyl adjacent to an activating group) is 1. The van der Waals surface area contributed by atoms with Gasteiger partial charge in [-0.25, -0.2) is 4.98 Å². The molecule has 1 unspecified atom stereocenters. The molecule has 0 saturated heterocycles. The summed E-state index contributed by atoms with van der Waals surface area (Å²) in [5, 5.41) is 6.06. The Labute approximate surface area is 182 Å². The summed E-state index contributed by atoms with van der Waals surface area (Å²) in [5.74, 6) is 0.00781. The molecule has 2 amide bonds. The van der Waals surface area contributed by atoms with Crippen molar-refractivity contribution in [2.24, 2.45) is 5.41 Å². The Morgan fingerprint density at radius 2 is 2.00 bits per heavy atom. The van der Waals surface area contributed by atoms with E-state index in [0.717, 1.165) is 25.2 Å². The summed E-state index contributed by atoms with van der Waals surface area (Å²) in [5.41, 5.74) is 1.35. The van der Waals surface area contributed by atoms with E-state index in [-0.39, 0.29) is 11.8 Å². The summed E-state index contributed by atoms with van der Waals surface area (Å²) in [6, 6.07) is 1.02. The van der Waals surface area contributed by atoms with Gasteiger partial charge < -0.3 is 20.1 Å². The molecular formula is C21H29ClN6O2. The number of halogens is 1. The maximum Gasteiger partial charge on any atom is 0.272 e. The van der Waals surface area contributed by atoms with Crippen molar-refractivity contribution in [1.29, 1.82) is 0 Å². The molecule has 0 bridgehead atoms. The van der Waals surface area contributed by atoms with Crippen molar-refractivity contribution in [3.63, 3.8) is 0 Å². The van der Waals surface area contributed by atoms with E-state index in [1.165, 1.54) is 0 Å². The molecule has 2 aromatic rings. The van der Waals surface area contributed by atoms with Gasteiger partial charge in [-0.15, -0.1) is 0 Å². The van der Waals surface area contributed by atoms with Gasteiger partial charge in [0.25, 0.3) is 5.91 Å². The minimum Gasteiger partial charge on any atom is -0.357 e. The van der Waals surface area contributed by atoms with Crippen LogP contribution in [0.4, 0.5) is 0 Å². The predicted molar refractivity (Wildman–Crippen MR) is 116 cm³/mol. The van der Waals surface area contributed by atoms with Crippen LogP contribution in [0.25, 0.3) is 11.4 Å². The summed E-state index contributed by atoms with van der Waals surface area (Å²) < 4.78 is 2.05. The third-order valence-corrected chi connectivity index (χ3v) is 5.62. The van der Waals surface area contributed by atoms with Crippen LogP contribution in [0.1, 0.15) is 43.4 Å². The normalized spacial score (nSPS) is 15.8. The first-order valence-electron chi connectivity index (χ1n) is 10.0. The molecule has 0 aromatic carbocycles. The number of aromatic nitrogens is 3. The van der Waals surface area contributed by atoms with E-state index in [1.807, 2.05) is 32.4 Å². The molecule has 1 aliphatic heterocycles.